The van der Waals surface area contributed by atoms with Crippen molar-refractivity contribution in [1.29, 1.82) is 0 Å². The van der Waals surface area contributed by atoms with Crippen LogP contribution in [0.4, 0.5) is 17.6 Å². The Kier molecular flexibility index (Phi) is 7.84. The number of amides is 1. The molecule has 0 N–H and O–H groups in total. The molecule has 1 amide bonds. The second kappa shape index (κ2) is 10.9. The third-order valence-corrected chi connectivity index (χ3v) is 7.02. The van der Waals surface area contributed by atoms with Crippen molar-refractivity contribution in [1.82, 2.24) is 4.90 Å². The van der Waals surface area contributed by atoms with Crippen LogP contribution in [-0.2, 0) is 27.6 Å². The normalized spacial score (nSPS) is 15.9. The highest BCUT2D eigenvalue weighted by atomic mass is 32.2. The molecular weight excluding hydrogens is 514 g/mol. The molecule has 0 unspecified atom stereocenters. The van der Waals surface area contributed by atoms with Crippen LogP contribution in [0, 0.1) is 5.82 Å². The van der Waals surface area contributed by atoms with Crippen LogP contribution < -0.4 is 4.18 Å². The summed E-state index contributed by atoms with van der Waals surface area (Å²) in [7, 11) is -4.63. The second-order valence-corrected chi connectivity index (χ2v) is 10.0. The smallest absolute Gasteiger partial charge is 0.379 e. The number of carbonyl (C=O) groups is 1. The van der Waals surface area contributed by atoms with E-state index in [0.717, 1.165) is 37.1 Å². The van der Waals surface area contributed by atoms with Gasteiger partial charge in [-0.3, -0.25) is 4.79 Å². The Balaban J connectivity index is 1.62. The summed E-state index contributed by atoms with van der Waals surface area (Å²) in [5, 5.41) is 0. The lowest BCUT2D eigenvalue weighted by Gasteiger charge is -2.26. The molecule has 0 radical (unpaired) electrons. The molecule has 0 saturated carbocycles. The molecule has 37 heavy (non-hydrogen) atoms. The minimum absolute atomic E-state index is 0.105. The predicted molar refractivity (Wildman–Crippen MR) is 126 cm³/mol. The van der Waals surface area contributed by atoms with Gasteiger partial charge in [0.15, 0.2) is 0 Å². The van der Waals surface area contributed by atoms with E-state index in [1.165, 1.54) is 35.2 Å². The zero-order valence-electron chi connectivity index (χ0n) is 19.4. The molecule has 1 aliphatic rings. The topological polar surface area (TPSA) is 72.9 Å². The summed E-state index contributed by atoms with van der Waals surface area (Å²) in [6.45, 7) is 0.606. The molecule has 1 heterocycles. The van der Waals surface area contributed by atoms with Crippen LogP contribution in [0.25, 0.3) is 0 Å². The molecule has 3 aromatic rings. The van der Waals surface area contributed by atoms with Gasteiger partial charge in [-0.25, -0.2) is 4.39 Å². The van der Waals surface area contributed by atoms with E-state index in [4.69, 9.17) is 8.92 Å². The molecule has 0 aromatic heterocycles. The lowest BCUT2D eigenvalue weighted by molar-refractivity contribution is -0.137. The summed E-state index contributed by atoms with van der Waals surface area (Å²) < 4.78 is 89.7. The summed E-state index contributed by atoms with van der Waals surface area (Å²) in [6.07, 6.45) is -3.44. The third-order valence-electron chi connectivity index (χ3n) is 5.79. The highest BCUT2D eigenvalue weighted by Gasteiger charge is 2.32. The van der Waals surface area contributed by atoms with Gasteiger partial charge in [-0.05, 0) is 55.3 Å². The van der Waals surface area contributed by atoms with E-state index in [2.05, 4.69) is 0 Å². The second-order valence-electron chi connectivity index (χ2n) is 8.50. The van der Waals surface area contributed by atoms with E-state index >= 15 is 0 Å². The predicted octanol–water partition coefficient (Wildman–Crippen LogP) is 5.43. The SMILES string of the molecule is O=C(c1cccc(F)c1)N(Cc1ccccc1OS(=O)(=O)c1cccc(C(F)(F)F)c1)C[C@@H]1CCCO1. The number of rotatable bonds is 8. The van der Waals surface area contributed by atoms with E-state index < -0.39 is 38.5 Å². The van der Waals surface area contributed by atoms with Crippen LogP contribution in [0.15, 0.2) is 77.7 Å². The number of carbonyl (C=O) groups excluding carboxylic acids is 1. The summed E-state index contributed by atoms with van der Waals surface area (Å²) in [5.74, 6) is -1.23. The van der Waals surface area contributed by atoms with E-state index in [-0.39, 0.29) is 30.5 Å². The monoisotopic (exact) mass is 537 g/mol. The van der Waals surface area contributed by atoms with Crippen molar-refractivity contribution >= 4 is 16.0 Å². The van der Waals surface area contributed by atoms with Crippen LogP contribution >= 0.6 is 0 Å². The first-order valence-electron chi connectivity index (χ1n) is 11.4. The van der Waals surface area contributed by atoms with Gasteiger partial charge in [-0.1, -0.05) is 30.3 Å². The fourth-order valence-electron chi connectivity index (χ4n) is 3.97. The van der Waals surface area contributed by atoms with E-state index in [1.54, 1.807) is 12.1 Å². The van der Waals surface area contributed by atoms with Gasteiger partial charge in [0, 0.05) is 30.8 Å². The quantitative estimate of drug-likeness (QED) is 0.283. The average molecular weight is 538 g/mol. The van der Waals surface area contributed by atoms with Gasteiger partial charge >= 0.3 is 16.3 Å². The Morgan fingerprint density at radius 2 is 1.78 bits per heavy atom. The van der Waals surface area contributed by atoms with Gasteiger partial charge in [-0.2, -0.15) is 21.6 Å². The largest absolute Gasteiger partial charge is 0.416 e. The molecule has 0 aliphatic carbocycles. The molecule has 6 nitrogen and oxygen atoms in total. The highest BCUT2D eigenvalue weighted by Crippen LogP contribution is 2.32. The van der Waals surface area contributed by atoms with Crippen molar-refractivity contribution in [3.63, 3.8) is 0 Å². The lowest BCUT2D eigenvalue weighted by Crippen LogP contribution is -2.37. The van der Waals surface area contributed by atoms with Crippen molar-refractivity contribution in [2.24, 2.45) is 0 Å². The van der Waals surface area contributed by atoms with Gasteiger partial charge in [0.25, 0.3) is 5.91 Å². The Bertz CT molecular complexity index is 1370. The zero-order valence-corrected chi connectivity index (χ0v) is 20.3. The van der Waals surface area contributed by atoms with Crippen LogP contribution in [-0.4, -0.2) is 38.5 Å². The number of ether oxygens (including phenoxy) is 1. The zero-order chi connectivity index (χ0) is 26.6. The first kappa shape index (κ1) is 26.6. The molecule has 1 saturated heterocycles. The highest BCUT2D eigenvalue weighted by molar-refractivity contribution is 7.87. The van der Waals surface area contributed by atoms with Gasteiger partial charge in [0.05, 0.1) is 11.7 Å². The molecule has 1 atom stereocenters. The summed E-state index contributed by atoms with van der Waals surface area (Å²) in [4.78, 5) is 14.0. The molecule has 0 spiro atoms. The van der Waals surface area contributed by atoms with Gasteiger partial charge < -0.3 is 13.8 Å². The van der Waals surface area contributed by atoms with E-state index in [9.17, 15) is 30.8 Å². The Labute approximate surface area is 211 Å². The number of nitrogens with zero attached hydrogens (tertiary/aromatic N) is 1. The third kappa shape index (κ3) is 6.66. The molecule has 0 bridgehead atoms. The molecule has 3 aromatic carbocycles. The average Bonchev–Trinajstić information content (AvgIpc) is 3.37. The summed E-state index contributed by atoms with van der Waals surface area (Å²) in [6, 6.07) is 14.4. The first-order chi connectivity index (χ1) is 17.5. The molecule has 196 valence electrons. The Hall–Kier alpha value is -3.44. The van der Waals surface area contributed by atoms with Crippen molar-refractivity contribution in [3.05, 3.63) is 95.3 Å². The number of alkyl halides is 3. The minimum Gasteiger partial charge on any atom is -0.379 e. The van der Waals surface area contributed by atoms with Crippen molar-refractivity contribution in [3.8, 4) is 5.75 Å². The van der Waals surface area contributed by atoms with Crippen LogP contribution in [0.2, 0.25) is 0 Å². The number of hydrogen-bond donors (Lipinski definition) is 0. The molecule has 4 rings (SSSR count). The van der Waals surface area contributed by atoms with Crippen molar-refractivity contribution in [2.75, 3.05) is 13.2 Å². The molecule has 1 aliphatic heterocycles. The maximum absolute atomic E-state index is 13.8. The minimum atomic E-state index is -4.73. The van der Waals surface area contributed by atoms with Gasteiger partial charge in [-0.15, -0.1) is 0 Å². The number of hydrogen-bond acceptors (Lipinski definition) is 5. The van der Waals surface area contributed by atoms with Crippen LogP contribution in [0.1, 0.15) is 34.3 Å². The summed E-state index contributed by atoms with van der Waals surface area (Å²) >= 11 is 0. The molecular formula is C26H23F4NO5S. The maximum atomic E-state index is 13.8. The first-order valence-corrected chi connectivity index (χ1v) is 12.8. The van der Waals surface area contributed by atoms with Crippen LogP contribution in [0.5, 0.6) is 5.75 Å². The number of halogens is 4. The molecule has 11 heteroatoms. The Morgan fingerprint density at radius 3 is 2.49 bits per heavy atom. The standard InChI is InChI=1S/C26H23F4NO5S/c27-21-9-3-7-18(14-21)25(32)31(17-22-10-5-13-35-22)16-19-6-1-2-12-24(19)36-37(33,34)23-11-4-8-20(15-23)26(28,29)30/h1-4,6-9,11-12,14-15,22H,5,10,13,16-17H2/t22-/m0/s1. The fourth-order valence-corrected chi connectivity index (χ4v) is 4.98. The van der Waals surface area contributed by atoms with Crippen molar-refractivity contribution in [2.45, 2.75) is 36.6 Å². The van der Waals surface area contributed by atoms with Gasteiger partial charge in [0.1, 0.15) is 16.5 Å². The Morgan fingerprint density at radius 1 is 1.03 bits per heavy atom. The van der Waals surface area contributed by atoms with Crippen molar-refractivity contribution < 1.29 is 39.7 Å². The van der Waals surface area contributed by atoms with Gasteiger partial charge in [0.2, 0.25) is 0 Å². The summed E-state index contributed by atoms with van der Waals surface area (Å²) in [5.41, 5.74) is -0.734. The fraction of sp³-hybridized carbons (Fsp3) is 0.269. The lowest BCUT2D eigenvalue weighted by atomic mass is 10.1. The maximum Gasteiger partial charge on any atom is 0.416 e. The molecule has 1 fully saturated rings. The van der Waals surface area contributed by atoms with E-state index in [0.29, 0.717) is 18.2 Å². The number of benzene rings is 3. The van der Waals surface area contributed by atoms with E-state index in [1.807, 2.05) is 0 Å². The van der Waals surface area contributed by atoms with Crippen LogP contribution in [0.3, 0.4) is 0 Å². The number of para-hydroxylation sites is 1.